The first-order valence-electron chi connectivity index (χ1n) is 9.11. The van der Waals surface area contributed by atoms with Crippen molar-refractivity contribution in [2.75, 3.05) is 0 Å². The number of non-ortho nitro benzene ring substituents is 1. The van der Waals surface area contributed by atoms with Crippen LogP contribution in [0.3, 0.4) is 0 Å². The zero-order chi connectivity index (χ0) is 21.1. The van der Waals surface area contributed by atoms with Gasteiger partial charge in [-0.2, -0.15) is 5.10 Å². The SMILES string of the molecule is O=C(Cn1c2ccccc2c(=O)c2ccccc21)N/N=C/c1ccc([N+](=O)[O-])cc1. The number of carbonyl (C=O) groups excluding carboxylic acids is 1. The van der Waals surface area contributed by atoms with Crippen LogP contribution in [0.15, 0.2) is 82.7 Å². The number of nitrogens with one attached hydrogen (secondary N) is 1. The van der Waals surface area contributed by atoms with E-state index in [9.17, 15) is 19.7 Å². The van der Waals surface area contributed by atoms with Crippen LogP contribution in [0.1, 0.15) is 5.56 Å². The van der Waals surface area contributed by atoms with E-state index in [-0.39, 0.29) is 23.6 Å². The predicted molar refractivity (Wildman–Crippen MR) is 115 cm³/mol. The first-order chi connectivity index (χ1) is 14.5. The Morgan fingerprint density at radius 1 is 0.967 bits per heavy atom. The van der Waals surface area contributed by atoms with Crippen LogP contribution in [0, 0.1) is 10.1 Å². The molecule has 0 fully saturated rings. The summed E-state index contributed by atoms with van der Waals surface area (Å²) in [6.45, 7) is -0.0289. The highest BCUT2D eigenvalue weighted by atomic mass is 16.6. The van der Waals surface area contributed by atoms with Crippen molar-refractivity contribution in [3.63, 3.8) is 0 Å². The molecule has 1 amide bonds. The largest absolute Gasteiger partial charge is 0.331 e. The van der Waals surface area contributed by atoms with E-state index >= 15 is 0 Å². The van der Waals surface area contributed by atoms with Crippen LogP contribution >= 0.6 is 0 Å². The van der Waals surface area contributed by atoms with Gasteiger partial charge in [0.15, 0.2) is 5.43 Å². The molecule has 30 heavy (non-hydrogen) atoms. The molecule has 4 aromatic rings. The van der Waals surface area contributed by atoms with E-state index in [2.05, 4.69) is 10.5 Å². The van der Waals surface area contributed by atoms with Gasteiger partial charge in [-0.1, -0.05) is 24.3 Å². The van der Waals surface area contributed by atoms with Crippen LogP contribution in [0.4, 0.5) is 5.69 Å². The summed E-state index contributed by atoms with van der Waals surface area (Å²) in [4.78, 5) is 35.5. The molecule has 8 heteroatoms. The number of rotatable bonds is 5. The Morgan fingerprint density at radius 2 is 1.53 bits per heavy atom. The number of nitro groups is 1. The molecule has 1 aromatic heterocycles. The van der Waals surface area contributed by atoms with Gasteiger partial charge < -0.3 is 4.57 Å². The van der Waals surface area contributed by atoms with Crippen molar-refractivity contribution >= 4 is 39.6 Å². The third kappa shape index (κ3) is 3.66. The Kier molecular flexibility index (Phi) is 5.04. The normalized spacial score (nSPS) is 11.2. The summed E-state index contributed by atoms with van der Waals surface area (Å²) in [5.74, 6) is -0.368. The molecule has 8 nitrogen and oxygen atoms in total. The van der Waals surface area contributed by atoms with Crippen LogP contribution in [0.5, 0.6) is 0 Å². The standard InChI is InChI=1S/C22H16N4O4/c27-21(24-23-13-15-9-11-16(12-10-15)26(29)30)14-25-19-7-3-1-5-17(19)22(28)18-6-2-4-8-20(18)25/h1-13H,14H2,(H,24,27)/b23-13+. The van der Waals surface area contributed by atoms with Gasteiger partial charge in [0.2, 0.25) is 0 Å². The molecule has 1 N–H and O–H groups in total. The number of para-hydroxylation sites is 2. The highest BCUT2D eigenvalue weighted by Crippen LogP contribution is 2.19. The number of nitrogens with zero attached hydrogens (tertiary/aromatic N) is 3. The number of amides is 1. The van der Waals surface area contributed by atoms with Crippen LogP contribution in [0.2, 0.25) is 0 Å². The fourth-order valence-electron chi connectivity index (χ4n) is 3.29. The van der Waals surface area contributed by atoms with Crippen molar-refractivity contribution in [3.05, 3.63) is 98.7 Å². The molecule has 0 atom stereocenters. The third-order valence-electron chi connectivity index (χ3n) is 4.69. The van der Waals surface area contributed by atoms with Gasteiger partial charge in [-0.25, -0.2) is 5.43 Å². The van der Waals surface area contributed by atoms with Gasteiger partial charge in [0.1, 0.15) is 6.54 Å². The molecule has 0 radical (unpaired) electrons. The highest BCUT2D eigenvalue weighted by Gasteiger charge is 2.12. The molecular weight excluding hydrogens is 384 g/mol. The van der Waals surface area contributed by atoms with Crippen LogP contribution in [0.25, 0.3) is 21.8 Å². The van der Waals surface area contributed by atoms with Gasteiger partial charge in [0.25, 0.3) is 11.6 Å². The molecule has 0 saturated carbocycles. The molecule has 1 heterocycles. The summed E-state index contributed by atoms with van der Waals surface area (Å²) in [5, 5.41) is 15.7. The van der Waals surface area contributed by atoms with Crippen molar-refractivity contribution in [2.45, 2.75) is 6.54 Å². The summed E-state index contributed by atoms with van der Waals surface area (Å²) in [6, 6.07) is 20.1. The predicted octanol–water partition coefficient (Wildman–Crippen LogP) is 3.21. The quantitative estimate of drug-likeness (QED) is 0.240. The maximum Gasteiger partial charge on any atom is 0.269 e. The van der Waals surface area contributed by atoms with E-state index in [1.807, 2.05) is 12.1 Å². The van der Waals surface area contributed by atoms with E-state index in [0.717, 1.165) is 0 Å². The smallest absolute Gasteiger partial charge is 0.269 e. The van der Waals surface area contributed by atoms with Crippen molar-refractivity contribution < 1.29 is 9.72 Å². The molecule has 0 saturated heterocycles. The maximum atomic E-state index is 12.7. The Balaban J connectivity index is 1.59. The number of carbonyl (C=O) groups is 1. The zero-order valence-corrected chi connectivity index (χ0v) is 15.7. The topological polar surface area (TPSA) is 107 Å². The minimum atomic E-state index is -0.484. The summed E-state index contributed by atoms with van der Waals surface area (Å²) in [6.07, 6.45) is 1.41. The second-order valence-electron chi connectivity index (χ2n) is 6.59. The first kappa shape index (κ1) is 19.0. The lowest BCUT2D eigenvalue weighted by atomic mass is 10.1. The Hall–Kier alpha value is -4.33. The third-order valence-corrected chi connectivity index (χ3v) is 4.69. The monoisotopic (exact) mass is 400 g/mol. The minimum absolute atomic E-state index is 0.0202. The lowest BCUT2D eigenvalue weighted by Gasteiger charge is -2.14. The van der Waals surface area contributed by atoms with Crippen molar-refractivity contribution in [1.82, 2.24) is 9.99 Å². The Labute approximate surface area is 170 Å². The average molecular weight is 400 g/mol. The summed E-state index contributed by atoms with van der Waals surface area (Å²) < 4.78 is 1.78. The van der Waals surface area contributed by atoms with Gasteiger partial charge in [0, 0.05) is 22.9 Å². The van der Waals surface area contributed by atoms with Crippen LogP contribution in [-0.4, -0.2) is 21.6 Å². The molecule has 3 aromatic carbocycles. The van der Waals surface area contributed by atoms with Crippen LogP contribution < -0.4 is 10.9 Å². The molecule has 148 valence electrons. The molecule has 0 aliphatic heterocycles. The first-order valence-corrected chi connectivity index (χ1v) is 9.11. The van der Waals surface area contributed by atoms with E-state index < -0.39 is 4.92 Å². The molecular formula is C22H16N4O4. The maximum absolute atomic E-state index is 12.7. The van der Waals surface area contributed by atoms with E-state index in [1.165, 1.54) is 30.5 Å². The summed E-state index contributed by atoms with van der Waals surface area (Å²) in [7, 11) is 0. The lowest BCUT2D eigenvalue weighted by Crippen LogP contribution is -2.25. The van der Waals surface area contributed by atoms with Gasteiger partial charge in [-0.3, -0.25) is 19.7 Å². The fraction of sp³-hybridized carbons (Fsp3) is 0.0455. The fourth-order valence-corrected chi connectivity index (χ4v) is 3.29. The number of pyridine rings is 1. The second kappa shape index (κ2) is 7.96. The van der Waals surface area contributed by atoms with Crippen molar-refractivity contribution in [3.8, 4) is 0 Å². The van der Waals surface area contributed by atoms with E-state index in [1.54, 1.807) is 41.0 Å². The molecule has 0 aliphatic rings. The summed E-state index contributed by atoms with van der Waals surface area (Å²) in [5.41, 5.74) is 4.30. The number of hydrogen-bond acceptors (Lipinski definition) is 5. The average Bonchev–Trinajstić information content (AvgIpc) is 2.77. The van der Waals surface area contributed by atoms with Crippen LogP contribution in [-0.2, 0) is 11.3 Å². The lowest BCUT2D eigenvalue weighted by molar-refractivity contribution is -0.384. The molecule has 0 unspecified atom stereocenters. The number of hydrogen-bond donors (Lipinski definition) is 1. The highest BCUT2D eigenvalue weighted by molar-refractivity contribution is 5.95. The number of hydrazone groups is 1. The number of fused-ring (bicyclic) bond motifs is 2. The number of aromatic nitrogens is 1. The number of nitro benzene ring substituents is 1. The zero-order valence-electron chi connectivity index (χ0n) is 15.7. The minimum Gasteiger partial charge on any atom is -0.331 e. The summed E-state index contributed by atoms with van der Waals surface area (Å²) >= 11 is 0. The molecule has 0 spiro atoms. The molecule has 0 bridgehead atoms. The van der Waals surface area contributed by atoms with Gasteiger partial charge in [0.05, 0.1) is 22.2 Å². The van der Waals surface area contributed by atoms with Gasteiger partial charge in [-0.15, -0.1) is 0 Å². The van der Waals surface area contributed by atoms with E-state index in [0.29, 0.717) is 27.4 Å². The van der Waals surface area contributed by atoms with Crippen molar-refractivity contribution in [1.29, 1.82) is 0 Å². The number of benzene rings is 3. The van der Waals surface area contributed by atoms with Gasteiger partial charge >= 0.3 is 0 Å². The van der Waals surface area contributed by atoms with E-state index in [4.69, 9.17) is 0 Å². The Morgan fingerprint density at radius 3 is 2.10 bits per heavy atom. The van der Waals surface area contributed by atoms with Gasteiger partial charge in [-0.05, 0) is 42.0 Å². The Bertz CT molecular complexity index is 1300. The second-order valence-corrected chi connectivity index (χ2v) is 6.59. The molecule has 0 aliphatic carbocycles. The molecule has 4 rings (SSSR count). The van der Waals surface area contributed by atoms with Crippen molar-refractivity contribution in [2.24, 2.45) is 5.10 Å².